The number of anilines is 1. The van der Waals surface area contributed by atoms with Gasteiger partial charge in [0.05, 0.1) is 0 Å². The highest BCUT2D eigenvalue weighted by Gasteiger charge is 2.16. The van der Waals surface area contributed by atoms with Crippen LogP contribution >= 0.6 is 0 Å². The van der Waals surface area contributed by atoms with E-state index in [1.807, 2.05) is 6.07 Å². The molecule has 0 saturated carbocycles. The SMILES string of the molecule is CC(=O)NC(=CC(C)C)c1ccccc1N1CCCCC1. The van der Waals surface area contributed by atoms with Gasteiger partial charge >= 0.3 is 0 Å². The van der Waals surface area contributed by atoms with E-state index in [-0.39, 0.29) is 5.91 Å². The van der Waals surface area contributed by atoms with Crippen molar-refractivity contribution in [2.45, 2.75) is 40.0 Å². The first-order chi connectivity index (χ1) is 10.1. The monoisotopic (exact) mass is 286 g/mol. The van der Waals surface area contributed by atoms with Crippen molar-refractivity contribution in [2.75, 3.05) is 18.0 Å². The van der Waals surface area contributed by atoms with Gasteiger partial charge < -0.3 is 10.2 Å². The van der Waals surface area contributed by atoms with Crippen molar-refractivity contribution in [2.24, 2.45) is 5.92 Å². The Kier molecular flexibility index (Phi) is 5.43. The number of carbonyl (C=O) groups excluding carboxylic acids is 1. The van der Waals surface area contributed by atoms with Gasteiger partial charge in [0.2, 0.25) is 5.91 Å². The molecule has 0 bridgehead atoms. The summed E-state index contributed by atoms with van der Waals surface area (Å²) in [5.74, 6) is 0.372. The molecule has 1 aromatic rings. The van der Waals surface area contributed by atoms with Crippen LogP contribution in [-0.4, -0.2) is 19.0 Å². The van der Waals surface area contributed by atoms with E-state index in [0.29, 0.717) is 5.92 Å². The van der Waals surface area contributed by atoms with Gasteiger partial charge in [-0.1, -0.05) is 38.1 Å². The molecule has 3 heteroatoms. The first-order valence-electron chi connectivity index (χ1n) is 7.91. The topological polar surface area (TPSA) is 32.3 Å². The highest BCUT2D eigenvalue weighted by atomic mass is 16.1. The second-order valence-electron chi connectivity index (χ2n) is 6.07. The Bertz CT molecular complexity index is 514. The molecule has 1 heterocycles. The predicted molar refractivity (Wildman–Crippen MR) is 89.1 cm³/mol. The first kappa shape index (κ1) is 15.6. The molecule has 1 aromatic carbocycles. The van der Waals surface area contributed by atoms with E-state index in [2.05, 4.69) is 48.3 Å². The lowest BCUT2D eigenvalue weighted by molar-refractivity contribution is -0.117. The molecule has 1 amide bonds. The molecule has 2 rings (SSSR count). The zero-order valence-corrected chi connectivity index (χ0v) is 13.4. The summed E-state index contributed by atoms with van der Waals surface area (Å²) in [6, 6.07) is 8.39. The van der Waals surface area contributed by atoms with Gasteiger partial charge in [0.1, 0.15) is 0 Å². The molecule has 1 saturated heterocycles. The number of amides is 1. The van der Waals surface area contributed by atoms with Crippen molar-refractivity contribution < 1.29 is 4.79 Å². The van der Waals surface area contributed by atoms with Gasteiger partial charge in [-0.2, -0.15) is 0 Å². The second kappa shape index (κ2) is 7.30. The van der Waals surface area contributed by atoms with Crippen LogP contribution in [0.15, 0.2) is 30.3 Å². The fourth-order valence-electron chi connectivity index (χ4n) is 2.83. The van der Waals surface area contributed by atoms with Crippen LogP contribution < -0.4 is 10.2 Å². The minimum atomic E-state index is -0.0182. The number of benzene rings is 1. The Morgan fingerprint density at radius 2 is 1.86 bits per heavy atom. The van der Waals surface area contributed by atoms with Crippen LogP contribution in [0.1, 0.15) is 45.6 Å². The van der Waals surface area contributed by atoms with Gasteiger partial charge in [0, 0.05) is 37.0 Å². The Hall–Kier alpha value is -1.77. The van der Waals surface area contributed by atoms with Crippen LogP contribution in [-0.2, 0) is 4.79 Å². The molecule has 0 aliphatic carbocycles. The van der Waals surface area contributed by atoms with Gasteiger partial charge in [-0.25, -0.2) is 0 Å². The van der Waals surface area contributed by atoms with Crippen molar-refractivity contribution in [1.29, 1.82) is 0 Å². The summed E-state index contributed by atoms with van der Waals surface area (Å²) in [5.41, 5.74) is 3.29. The highest BCUT2D eigenvalue weighted by molar-refractivity contribution is 5.88. The number of para-hydroxylation sites is 1. The highest BCUT2D eigenvalue weighted by Crippen LogP contribution is 2.29. The summed E-state index contributed by atoms with van der Waals surface area (Å²) in [6.45, 7) is 8.03. The second-order valence-corrected chi connectivity index (χ2v) is 6.07. The van der Waals surface area contributed by atoms with Gasteiger partial charge in [-0.05, 0) is 31.2 Å². The van der Waals surface area contributed by atoms with Crippen molar-refractivity contribution in [3.63, 3.8) is 0 Å². The third kappa shape index (κ3) is 4.35. The Balaban J connectivity index is 2.37. The third-order valence-electron chi connectivity index (χ3n) is 3.70. The minimum absolute atomic E-state index is 0.0182. The maximum Gasteiger partial charge on any atom is 0.221 e. The molecule has 0 aromatic heterocycles. The number of allylic oxidation sites excluding steroid dienone is 1. The molecule has 0 unspecified atom stereocenters. The number of rotatable bonds is 4. The van der Waals surface area contributed by atoms with Gasteiger partial charge in [-0.15, -0.1) is 0 Å². The number of nitrogens with one attached hydrogen (secondary N) is 1. The average Bonchev–Trinajstić information content (AvgIpc) is 2.46. The van der Waals surface area contributed by atoms with E-state index in [1.54, 1.807) is 6.92 Å². The van der Waals surface area contributed by atoms with Crippen LogP contribution in [0.5, 0.6) is 0 Å². The van der Waals surface area contributed by atoms with Crippen LogP contribution in [0.4, 0.5) is 5.69 Å². The number of nitrogens with zero attached hydrogens (tertiary/aromatic N) is 1. The third-order valence-corrected chi connectivity index (χ3v) is 3.70. The molecule has 1 aliphatic rings. The quantitative estimate of drug-likeness (QED) is 0.913. The summed E-state index contributed by atoms with van der Waals surface area (Å²) in [5, 5.41) is 3.00. The molecule has 3 nitrogen and oxygen atoms in total. The zero-order chi connectivity index (χ0) is 15.2. The van der Waals surface area contributed by atoms with Crippen LogP contribution in [0.3, 0.4) is 0 Å². The van der Waals surface area contributed by atoms with Crippen molar-refractivity contribution in [3.8, 4) is 0 Å². The van der Waals surface area contributed by atoms with Gasteiger partial charge in [0.15, 0.2) is 0 Å². The molecule has 1 N–H and O–H groups in total. The maximum absolute atomic E-state index is 11.5. The number of hydrogen-bond donors (Lipinski definition) is 1. The van der Waals surface area contributed by atoms with E-state index >= 15 is 0 Å². The summed E-state index contributed by atoms with van der Waals surface area (Å²) < 4.78 is 0. The van der Waals surface area contributed by atoms with Gasteiger partial charge in [-0.3, -0.25) is 4.79 Å². The van der Waals surface area contributed by atoms with E-state index in [4.69, 9.17) is 0 Å². The van der Waals surface area contributed by atoms with Crippen LogP contribution in [0, 0.1) is 5.92 Å². The lowest BCUT2D eigenvalue weighted by Crippen LogP contribution is -2.31. The Labute approximate surface area is 128 Å². The summed E-state index contributed by atoms with van der Waals surface area (Å²) in [6.07, 6.45) is 5.94. The Morgan fingerprint density at radius 3 is 2.48 bits per heavy atom. The largest absolute Gasteiger partial charge is 0.371 e. The predicted octanol–water partition coefficient (Wildman–Crippen LogP) is 3.81. The first-order valence-corrected chi connectivity index (χ1v) is 7.91. The number of hydrogen-bond acceptors (Lipinski definition) is 2. The van der Waals surface area contributed by atoms with E-state index in [9.17, 15) is 4.79 Å². The fourth-order valence-corrected chi connectivity index (χ4v) is 2.83. The fraction of sp³-hybridized carbons (Fsp3) is 0.500. The van der Waals surface area contributed by atoms with Crippen molar-refractivity contribution in [3.05, 3.63) is 35.9 Å². The minimum Gasteiger partial charge on any atom is -0.371 e. The molecular formula is C18H26N2O. The van der Waals surface area contributed by atoms with Crippen LogP contribution in [0.25, 0.3) is 5.70 Å². The molecule has 0 radical (unpaired) electrons. The van der Waals surface area contributed by atoms with E-state index in [1.165, 1.54) is 24.9 Å². The maximum atomic E-state index is 11.5. The molecule has 0 spiro atoms. The summed E-state index contributed by atoms with van der Waals surface area (Å²) >= 11 is 0. The number of carbonyl (C=O) groups is 1. The van der Waals surface area contributed by atoms with E-state index in [0.717, 1.165) is 24.4 Å². The van der Waals surface area contributed by atoms with Crippen molar-refractivity contribution >= 4 is 17.3 Å². The molecular weight excluding hydrogens is 260 g/mol. The van der Waals surface area contributed by atoms with Gasteiger partial charge in [0.25, 0.3) is 0 Å². The molecule has 1 fully saturated rings. The summed E-state index contributed by atoms with van der Waals surface area (Å²) in [7, 11) is 0. The molecule has 114 valence electrons. The van der Waals surface area contributed by atoms with Crippen molar-refractivity contribution in [1.82, 2.24) is 5.32 Å². The molecule has 21 heavy (non-hydrogen) atoms. The normalized spacial score (nSPS) is 16.2. The zero-order valence-electron chi connectivity index (χ0n) is 13.4. The molecule has 1 aliphatic heterocycles. The molecule has 0 atom stereocenters. The number of piperidine rings is 1. The van der Waals surface area contributed by atoms with Crippen LogP contribution in [0.2, 0.25) is 0 Å². The Morgan fingerprint density at radius 1 is 1.19 bits per heavy atom. The average molecular weight is 286 g/mol. The smallest absolute Gasteiger partial charge is 0.221 e. The summed E-state index contributed by atoms with van der Waals surface area (Å²) in [4.78, 5) is 14.0. The standard InChI is InChI=1S/C18H26N2O/c1-14(2)13-17(19-15(3)21)16-9-5-6-10-18(16)20-11-7-4-8-12-20/h5-6,9-10,13-14H,4,7-8,11-12H2,1-3H3,(H,19,21). The lowest BCUT2D eigenvalue weighted by Gasteiger charge is -2.31. The van der Waals surface area contributed by atoms with E-state index < -0.39 is 0 Å². The lowest BCUT2D eigenvalue weighted by atomic mass is 10.0.